The van der Waals surface area contributed by atoms with Crippen LogP contribution < -0.4 is 0 Å². The van der Waals surface area contributed by atoms with Gasteiger partial charge in [0, 0.05) is 3.42 Å². The van der Waals surface area contributed by atoms with Crippen molar-refractivity contribution >= 4 is 22.6 Å². The third-order valence-electron chi connectivity index (χ3n) is 2.27. The van der Waals surface area contributed by atoms with E-state index in [1.165, 1.54) is 0 Å². The van der Waals surface area contributed by atoms with Crippen molar-refractivity contribution in [1.29, 1.82) is 0 Å². The summed E-state index contributed by atoms with van der Waals surface area (Å²) in [6.07, 6.45) is 10.0. The first-order valence-corrected chi connectivity index (χ1v) is 5.07. The minimum Gasteiger partial charge on any atom is -0.0829 e. The lowest BCUT2D eigenvalue weighted by molar-refractivity contribution is 0.344. The number of rotatable bonds is 0. The van der Waals surface area contributed by atoms with Crippen LogP contribution in [0.25, 0.3) is 0 Å². The standard InChI is InChI=1S/C10H15I/c1-9(2,3)10(11)7-5-4-6-8-10/h4-7H,8H2,1-3H3. The molecule has 0 aliphatic heterocycles. The third-order valence-corrected chi connectivity index (χ3v) is 4.69. The van der Waals surface area contributed by atoms with Crippen molar-refractivity contribution in [2.45, 2.75) is 30.6 Å². The van der Waals surface area contributed by atoms with E-state index in [-0.39, 0.29) is 0 Å². The Bertz CT molecular complexity index is 195. The van der Waals surface area contributed by atoms with Crippen molar-refractivity contribution in [1.82, 2.24) is 0 Å². The van der Waals surface area contributed by atoms with Crippen LogP contribution in [0.15, 0.2) is 24.3 Å². The Hall–Kier alpha value is 0.210. The first kappa shape index (κ1) is 9.30. The van der Waals surface area contributed by atoms with Crippen molar-refractivity contribution in [3.05, 3.63) is 24.3 Å². The molecule has 0 amide bonds. The van der Waals surface area contributed by atoms with Crippen LogP contribution in [-0.2, 0) is 0 Å². The summed E-state index contributed by atoms with van der Waals surface area (Å²) < 4.78 is 0.319. The Morgan fingerprint density at radius 3 is 2.18 bits per heavy atom. The van der Waals surface area contributed by atoms with Crippen LogP contribution in [-0.4, -0.2) is 3.42 Å². The molecule has 0 spiro atoms. The quantitative estimate of drug-likeness (QED) is 0.461. The summed E-state index contributed by atoms with van der Waals surface area (Å²) in [5.41, 5.74) is 0.356. The van der Waals surface area contributed by atoms with Gasteiger partial charge in [-0.15, -0.1) is 0 Å². The molecule has 1 aliphatic carbocycles. The van der Waals surface area contributed by atoms with Crippen LogP contribution >= 0.6 is 22.6 Å². The molecule has 0 aromatic heterocycles. The van der Waals surface area contributed by atoms with Crippen LogP contribution in [0.2, 0.25) is 0 Å². The first-order valence-electron chi connectivity index (χ1n) is 3.99. The minimum absolute atomic E-state index is 0.319. The highest BCUT2D eigenvalue weighted by Gasteiger charge is 2.36. The maximum atomic E-state index is 2.56. The van der Waals surface area contributed by atoms with Gasteiger partial charge in [0.2, 0.25) is 0 Å². The lowest BCUT2D eigenvalue weighted by Crippen LogP contribution is -2.34. The van der Waals surface area contributed by atoms with E-state index in [0.29, 0.717) is 8.84 Å². The SMILES string of the molecule is CC(C)(C)C1(I)C=CC=CC1. The topological polar surface area (TPSA) is 0 Å². The highest BCUT2D eigenvalue weighted by molar-refractivity contribution is 14.1. The molecular formula is C10H15I. The molecule has 1 aliphatic rings. The van der Waals surface area contributed by atoms with Crippen LogP contribution in [0.3, 0.4) is 0 Å². The van der Waals surface area contributed by atoms with Gasteiger partial charge < -0.3 is 0 Å². The molecule has 62 valence electrons. The molecule has 0 saturated heterocycles. The zero-order valence-electron chi connectivity index (χ0n) is 7.39. The number of hydrogen-bond donors (Lipinski definition) is 0. The van der Waals surface area contributed by atoms with Gasteiger partial charge in [0.15, 0.2) is 0 Å². The van der Waals surface area contributed by atoms with Gasteiger partial charge in [-0.2, -0.15) is 0 Å². The second-order valence-corrected chi connectivity index (χ2v) is 6.03. The molecule has 0 nitrogen and oxygen atoms in total. The average molecular weight is 262 g/mol. The molecule has 0 heterocycles. The van der Waals surface area contributed by atoms with Gasteiger partial charge in [-0.05, 0) is 11.8 Å². The molecule has 0 bridgehead atoms. The molecule has 0 aromatic carbocycles. The number of allylic oxidation sites excluding steroid dienone is 4. The molecule has 0 N–H and O–H groups in total. The predicted molar refractivity (Wildman–Crippen MR) is 59.1 cm³/mol. The number of halogens is 1. The summed E-state index contributed by atoms with van der Waals surface area (Å²) in [5, 5.41) is 0. The van der Waals surface area contributed by atoms with E-state index in [1.54, 1.807) is 0 Å². The van der Waals surface area contributed by atoms with Crippen LogP contribution in [0, 0.1) is 5.41 Å². The monoisotopic (exact) mass is 262 g/mol. The summed E-state index contributed by atoms with van der Waals surface area (Å²) >= 11 is 2.56. The maximum absolute atomic E-state index is 2.56. The highest BCUT2D eigenvalue weighted by Crippen LogP contribution is 2.44. The van der Waals surface area contributed by atoms with Crippen molar-refractivity contribution in [3.8, 4) is 0 Å². The van der Waals surface area contributed by atoms with E-state index in [1.807, 2.05) is 0 Å². The molecule has 11 heavy (non-hydrogen) atoms. The smallest absolute Gasteiger partial charge is 0.0486 e. The van der Waals surface area contributed by atoms with E-state index in [0.717, 1.165) is 6.42 Å². The summed E-state index contributed by atoms with van der Waals surface area (Å²) in [6.45, 7) is 6.88. The minimum atomic E-state index is 0.319. The van der Waals surface area contributed by atoms with Crippen LogP contribution in [0.1, 0.15) is 27.2 Å². The Morgan fingerprint density at radius 1 is 1.27 bits per heavy atom. The van der Waals surface area contributed by atoms with E-state index < -0.39 is 0 Å². The van der Waals surface area contributed by atoms with E-state index >= 15 is 0 Å². The fraction of sp³-hybridized carbons (Fsp3) is 0.600. The van der Waals surface area contributed by atoms with E-state index in [9.17, 15) is 0 Å². The predicted octanol–water partition coefficient (Wildman–Crippen LogP) is 3.72. The van der Waals surface area contributed by atoms with Crippen molar-refractivity contribution in [2.75, 3.05) is 0 Å². The maximum Gasteiger partial charge on any atom is 0.0486 e. The van der Waals surface area contributed by atoms with Crippen molar-refractivity contribution in [2.24, 2.45) is 5.41 Å². The van der Waals surface area contributed by atoms with Gasteiger partial charge in [0.1, 0.15) is 0 Å². The second-order valence-electron chi connectivity index (χ2n) is 4.10. The molecule has 0 radical (unpaired) electrons. The second kappa shape index (κ2) is 2.92. The summed E-state index contributed by atoms with van der Waals surface area (Å²) in [7, 11) is 0. The van der Waals surface area contributed by atoms with Gasteiger partial charge >= 0.3 is 0 Å². The molecular weight excluding hydrogens is 247 g/mol. The van der Waals surface area contributed by atoms with Crippen molar-refractivity contribution in [3.63, 3.8) is 0 Å². The van der Waals surface area contributed by atoms with Crippen LogP contribution in [0.4, 0.5) is 0 Å². The fourth-order valence-corrected chi connectivity index (χ4v) is 1.61. The largest absolute Gasteiger partial charge is 0.0829 e. The first-order chi connectivity index (χ1) is 4.96. The van der Waals surface area contributed by atoms with Gasteiger partial charge in [0.25, 0.3) is 0 Å². The number of alkyl halides is 1. The Morgan fingerprint density at radius 2 is 1.91 bits per heavy atom. The lowest BCUT2D eigenvalue weighted by Gasteiger charge is -2.38. The molecule has 1 atom stereocenters. The third kappa shape index (κ3) is 1.86. The van der Waals surface area contributed by atoms with Crippen molar-refractivity contribution < 1.29 is 0 Å². The molecule has 1 unspecified atom stereocenters. The summed E-state index contributed by atoms with van der Waals surface area (Å²) in [5.74, 6) is 0. The molecule has 1 heteroatoms. The Balaban J connectivity index is 2.84. The average Bonchev–Trinajstić information content (AvgIpc) is 1.87. The molecule has 1 rings (SSSR count). The highest BCUT2D eigenvalue weighted by atomic mass is 127. The summed E-state index contributed by atoms with van der Waals surface area (Å²) in [6, 6.07) is 0. The van der Waals surface area contributed by atoms with Gasteiger partial charge in [-0.25, -0.2) is 0 Å². The Labute approximate surface area is 82.9 Å². The van der Waals surface area contributed by atoms with Gasteiger partial charge in [-0.3, -0.25) is 0 Å². The normalized spacial score (nSPS) is 30.9. The molecule has 0 fully saturated rings. The lowest BCUT2D eigenvalue weighted by atomic mass is 9.77. The Kier molecular flexibility index (Phi) is 2.47. The zero-order chi connectivity index (χ0) is 8.54. The van der Waals surface area contributed by atoms with E-state index in [2.05, 4.69) is 67.7 Å². The van der Waals surface area contributed by atoms with Gasteiger partial charge in [-0.1, -0.05) is 67.7 Å². The molecule has 0 saturated carbocycles. The van der Waals surface area contributed by atoms with Gasteiger partial charge in [0.05, 0.1) is 0 Å². The van der Waals surface area contributed by atoms with Crippen LogP contribution in [0.5, 0.6) is 0 Å². The number of hydrogen-bond acceptors (Lipinski definition) is 0. The molecule has 0 aromatic rings. The fourth-order valence-electron chi connectivity index (χ4n) is 1.15. The van der Waals surface area contributed by atoms with E-state index in [4.69, 9.17) is 0 Å². The zero-order valence-corrected chi connectivity index (χ0v) is 9.55. The summed E-state index contributed by atoms with van der Waals surface area (Å²) in [4.78, 5) is 0.